The molecule has 3 atom stereocenters. The Balaban J connectivity index is 2.17. The van der Waals surface area contributed by atoms with Crippen molar-refractivity contribution in [2.45, 2.75) is 39.2 Å². The van der Waals surface area contributed by atoms with Gasteiger partial charge < -0.3 is 5.32 Å². The lowest BCUT2D eigenvalue weighted by Crippen LogP contribution is -2.30. The molecule has 1 aromatic rings. The first-order chi connectivity index (χ1) is 9.51. The van der Waals surface area contributed by atoms with E-state index in [0.29, 0.717) is 11.8 Å². The van der Waals surface area contributed by atoms with Gasteiger partial charge in [-0.05, 0) is 31.1 Å². The Morgan fingerprint density at radius 2 is 2.20 bits per heavy atom. The van der Waals surface area contributed by atoms with E-state index < -0.39 is 4.92 Å². The predicted molar refractivity (Wildman–Crippen MR) is 75.2 cm³/mol. The maximum Gasteiger partial charge on any atom is 0.312 e. The van der Waals surface area contributed by atoms with E-state index in [0.717, 1.165) is 19.3 Å². The third-order valence-corrected chi connectivity index (χ3v) is 4.13. The Bertz CT molecular complexity index is 553. The smallest absolute Gasteiger partial charge is 0.312 e. The summed E-state index contributed by atoms with van der Waals surface area (Å²) in [6.45, 7) is 4.45. The first kappa shape index (κ1) is 14.3. The second kappa shape index (κ2) is 5.87. The molecule has 1 aromatic heterocycles. The molecule has 1 fully saturated rings. The van der Waals surface area contributed by atoms with Gasteiger partial charge in [-0.25, -0.2) is 4.98 Å². The third-order valence-electron chi connectivity index (χ3n) is 4.13. The summed E-state index contributed by atoms with van der Waals surface area (Å²) in [5.41, 5.74) is 0.0724. The normalized spacial score (nSPS) is 25.8. The molecule has 106 valence electrons. The molecule has 1 aliphatic rings. The van der Waals surface area contributed by atoms with Gasteiger partial charge in [0.2, 0.25) is 5.82 Å². The molecule has 0 aliphatic heterocycles. The minimum absolute atomic E-state index is 0.129. The van der Waals surface area contributed by atoms with Crippen LogP contribution in [-0.4, -0.2) is 15.9 Å². The summed E-state index contributed by atoms with van der Waals surface area (Å²) in [5.74, 6) is 1.55. The molecule has 0 spiro atoms. The van der Waals surface area contributed by atoms with Crippen LogP contribution in [0.5, 0.6) is 0 Å². The lowest BCUT2D eigenvalue weighted by Gasteiger charge is -2.32. The second-order valence-corrected chi connectivity index (χ2v) is 5.57. The highest BCUT2D eigenvalue weighted by Gasteiger charge is 2.26. The zero-order valence-corrected chi connectivity index (χ0v) is 11.7. The van der Waals surface area contributed by atoms with Gasteiger partial charge in [-0.15, -0.1) is 0 Å². The zero-order chi connectivity index (χ0) is 14.7. The molecule has 1 aliphatic carbocycles. The fraction of sp³-hybridized carbons (Fsp3) is 0.571. The molecule has 6 heteroatoms. The second-order valence-electron chi connectivity index (χ2n) is 5.57. The highest BCUT2D eigenvalue weighted by molar-refractivity contribution is 5.58. The van der Waals surface area contributed by atoms with Gasteiger partial charge in [-0.1, -0.05) is 13.8 Å². The Morgan fingerprint density at radius 1 is 1.45 bits per heavy atom. The topological polar surface area (TPSA) is 91.8 Å². The van der Waals surface area contributed by atoms with Gasteiger partial charge in [-0.2, -0.15) is 5.26 Å². The molecule has 3 unspecified atom stereocenters. The van der Waals surface area contributed by atoms with Crippen LogP contribution in [0.25, 0.3) is 0 Å². The lowest BCUT2D eigenvalue weighted by molar-refractivity contribution is -0.384. The highest BCUT2D eigenvalue weighted by Crippen LogP contribution is 2.32. The minimum Gasteiger partial charge on any atom is -0.362 e. The van der Waals surface area contributed by atoms with Gasteiger partial charge in [0.05, 0.1) is 10.5 Å². The van der Waals surface area contributed by atoms with E-state index >= 15 is 0 Å². The van der Waals surface area contributed by atoms with Crippen molar-refractivity contribution < 1.29 is 4.92 Å². The maximum atomic E-state index is 11.1. The fourth-order valence-electron chi connectivity index (χ4n) is 2.64. The van der Waals surface area contributed by atoms with Crippen LogP contribution < -0.4 is 5.32 Å². The molecule has 0 saturated heterocycles. The van der Waals surface area contributed by atoms with Gasteiger partial charge in [0, 0.05) is 18.3 Å². The average Bonchev–Trinajstić information content (AvgIpc) is 2.43. The summed E-state index contributed by atoms with van der Waals surface area (Å²) in [5, 5.41) is 23.0. The predicted octanol–water partition coefficient (Wildman–Crippen LogP) is 3.10. The van der Waals surface area contributed by atoms with Crippen LogP contribution >= 0.6 is 0 Å². The lowest BCUT2D eigenvalue weighted by atomic mass is 9.79. The monoisotopic (exact) mass is 274 g/mol. The molecule has 1 N–H and O–H groups in total. The molecule has 0 bridgehead atoms. The van der Waals surface area contributed by atoms with Crippen LogP contribution in [0, 0.1) is 33.3 Å². The van der Waals surface area contributed by atoms with Crippen LogP contribution in [0.1, 0.15) is 38.7 Å². The Hall–Kier alpha value is -2.16. The van der Waals surface area contributed by atoms with Gasteiger partial charge in [0.1, 0.15) is 6.07 Å². The number of hydrogen-bond acceptors (Lipinski definition) is 5. The molecule has 2 rings (SSSR count). The Kier molecular flexibility index (Phi) is 4.18. The van der Waals surface area contributed by atoms with E-state index in [9.17, 15) is 10.1 Å². The highest BCUT2D eigenvalue weighted by atomic mass is 16.6. The minimum atomic E-state index is -0.495. The standard InChI is InChI=1S/C14H18N4O2/c1-9-3-4-12(5-10(9)2)17-14-13(18(19)20)6-11(7-15)8-16-14/h6,8-10,12H,3-5H2,1-2H3,(H,16,17). The summed E-state index contributed by atoms with van der Waals surface area (Å²) >= 11 is 0. The third kappa shape index (κ3) is 3.05. The molecular weight excluding hydrogens is 256 g/mol. The molecule has 6 nitrogen and oxygen atoms in total. The van der Waals surface area contributed by atoms with E-state index in [2.05, 4.69) is 24.1 Å². The number of anilines is 1. The number of nitrogens with zero attached hydrogens (tertiary/aromatic N) is 3. The van der Waals surface area contributed by atoms with Crippen LogP contribution in [0.2, 0.25) is 0 Å². The molecular formula is C14H18N4O2. The van der Waals surface area contributed by atoms with Crippen LogP contribution in [-0.2, 0) is 0 Å². The van der Waals surface area contributed by atoms with Crippen LogP contribution in [0.15, 0.2) is 12.3 Å². The average molecular weight is 274 g/mol. The largest absolute Gasteiger partial charge is 0.362 e. The summed E-state index contributed by atoms with van der Waals surface area (Å²) in [4.78, 5) is 14.6. The number of nitrogens with one attached hydrogen (secondary N) is 1. The fourth-order valence-corrected chi connectivity index (χ4v) is 2.64. The van der Waals surface area contributed by atoms with Crippen molar-refractivity contribution in [2.75, 3.05) is 5.32 Å². The van der Waals surface area contributed by atoms with Crippen molar-refractivity contribution in [1.29, 1.82) is 5.26 Å². The first-order valence-electron chi connectivity index (χ1n) is 6.82. The van der Waals surface area contributed by atoms with Crippen molar-refractivity contribution in [3.05, 3.63) is 27.9 Å². The van der Waals surface area contributed by atoms with Crippen LogP contribution in [0.4, 0.5) is 11.5 Å². The molecule has 20 heavy (non-hydrogen) atoms. The van der Waals surface area contributed by atoms with E-state index in [1.54, 1.807) is 0 Å². The number of nitriles is 1. The summed E-state index contributed by atoms with van der Waals surface area (Å²) in [6.07, 6.45) is 4.46. The van der Waals surface area contributed by atoms with Crippen molar-refractivity contribution in [2.24, 2.45) is 11.8 Å². The summed E-state index contributed by atoms with van der Waals surface area (Å²) < 4.78 is 0. The number of pyridine rings is 1. The SMILES string of the molecule is CC1CCC(Nc2ncc(C#N)cc2[N+](=O)[O-])CC1C. The molecule has 0 amide bonds. The maximum absolute atomic E-state index is 11.1. The molecule has 1 heterocycles. The number of nitro groups is 1. The molecule has 0 radical (unpaired) electrons. The van der Waals surface area contributed by atoms with Crippen molar-refractivity contribution >= 4 is 11.5 Å². The first-order valence-corrected chi connectivity index (χ1v) is 6.82. The molecule has 0 aromatic carbocycles. The zero-order valence-electron chi connectivity index (χ0n) is 11.7. The number of rotatable bonds is 3. The van der Waals surface area contributed by atoms with Gasteiger partial charge in [0.15, 0.2) is 0 Å². The van der Waals surface area contributed by atoms with Gasteiger partial charge in [-0.3, -0.25) is 10.1 Å². The molecule has 1 saturated carbocycles. The Morgan fingerprint density at radius 3 is 2.80 bits per heavy atom. The van der Waals surface area contributed by atoms with Gasteiger partial charge >= 0.3 is 5.69 Å². The quantitative estimate of drug-likeness (QED) is 0.675. The summed E-state index contributed by atoms with van der Waals surface area (Å²) in [7, 11) is 0. The van der Waals surface area contributed by atoms with Crippen molar-refractivity contribution in [1.82, 2.24) is 4.98 Å². The van der Waals surface area contributed by atoms with Crippen LogP contribution in [0.3, 0.4) is 0 Å². The number of aromatic nitrogens is 1. The number of hydrogen-bond donors (Lipinski definition) is 1. The van der Waals surface area contributed by atoms with Gasteiger partial charge in [0.25, 0.3) is 0 Å². The Labute approximate surface area is 118 Å². The van der Waals surface area contributed by atoms with Crippen molar-refractivity contribution in [3.63, 3.8) is 0 Å². The van der Waals surface area contributed by atoms with E-state index in [4.69, 9.17) is 5.26 Å². The van der Waals surface area contributed by atoms with Crippen molar-refractivity contribution in [3.8, 4) is 6.07 Å². The van der Waals surface area contributed by atoms with E-state index in [1.165, 1.54) is 12.3 Å². The summed E-state index contributed by atoms with van der Waals surface area (Å²) in [6, 6.07) is 3.35. The van der Waals surface area contributed by atoms with E-state index in [-0.39, 0.29) is 23.1 Å². The van der Waals surface area contributed by atoms with E-state index in [1.807, 2.05) is 6.07 Å².